The van der Waals surface area contributed by atoms with Gasteiger partial charge in [0.2, 0.25) is 5.91 Å². The van der Waals surface area contributed by atoms with Crippen molar-refractivity contribution in [2.45, 2.75) is 0 Å². The summed E-state index contributed by atoms with van der Waals surface area (Å²) in [7, 11) is 0. The van der Waals surface area contributed by atoms with Gasteiger partial charge in [0.25, 0.3) is 0 Å². The molecule has 3 amide bonds. The van der Waals surface area contributed by atoms with Crippen molar-refractivity contribution in [1.29, 1.82) is 0 Å². The van der Waals surface area contributed by atoms with Crippen LogP contribution in [-0.2, 0) is 4.79 Å². The van der Waals surface area contributed by atoms with Crippen molar-refractivity contribution in [1.82, 2.24) is 9.88 Å². The number of amides is 3. The molecule has 6 nitrogen and oxygen atoms in total. The van der Waals surface area contributed by atoms with Crippen LogP contribution < -0.4 is 10.2 Å². The summed E-state index contributed by atoms with van der Waals surface area (Å²) < 4.78 is 0. The average Bonchev–Trinajstić information content (AvgIpc) is 3.01. The molecule has 108 valence electrons. The molecule has 3 heterocycles. The lowest BCUT2D eigenvalue weighted by Gasteiger charge is -2.33. The minimum absolute atomic E-state index is 0.0755. The molecule has 0 spiro atoms. The Labute approximate surface area is 126 Å². The van der Waals surface area contributed by atoms with Crippen molar-refractivity contribution in [3.63, 3.8) is 0 Å². The van der Waals surface area contributed by atoms with Crippen molar-refractivity contribution in [2.24, 2.45) is 0 Å². The second-order valence-corrected chi connectivity index (χ2v) is 5.53. The van der Waals surface area contributed by atoms with Gasteiger partial charge in [-0.25, -0.2) is 4.79 Å². The molecule has 1 aliphatic heterocycles. The summed E-state index contributed by atoms with van der Waals surface area (Å²) in [6.07, 6.45) is 3.32. The number of urea groups is 1. The number of thiophene rings is 1. The zero-order valence-electron chi connectivity index (χ0n) is 11.2. The van der Waals surface area contributed by atoms with Crippen LogP contribution in [0, 0.1) is 0 Å². The summed E-state index contributed by atoms with van der Waals surface area (Å²) in [6, 6.07) is 7.09. The molecule has 0 bridgehead atoms. The first-order chi connectivity index (χ1) is 10.2. The summed E-state index contributed by atoms with van der Waals surface area (Å²) in [5.74, 6) is -0.101. The largest absolute Gasteiger partial charge is 0.322 e. The molecular weight excluding hydrogens is 288 g/mol. The number of piperazine rings is 1. The van der Waals surface area contributed by atoms with Gasteiger partial charge in [-0.3, -0.25) is 15.1 Å². The molecule has 3 rings (SSSR count). The summed E-state index contributed by atoms with van der Waals surface area (Å²) in [5, 5.41) is 5.46. The Morgan fingerprint density at radius 3 is 2.86 bits per heavy atom. The summed E-state index contributed by atoms with van der Waals surface area (Å²) in [4.78, 5) is 31.5. The van der Waals surface area contributed by atoms with Crippen molar-refractivity contribution in [3.05, 3.63) is 42.0 Å². The van der Waals surface area contributed by atoms with Gasteiger partial charge >= 0.3 is 6.03 Å². The first kappa shape index (κ1) is 13.6. The lowest BCUT2D eigenvalue weighted by Crippen LogP contribution is -2.53. The Kier molecular flexibility index (Phi) is 3.83. The van der Waals surface area contributed by atoms with E-state index in [1.165, 1.54) is 16.2 Å². The van der Waals surface area contributed by atoms with E-state index >= 15 is 0 Å². The van der Waals surface area contributed by atoms with E-state index in [0.29, 0.717) is 13.1 Å². The monoisotopic (exact) mass is 302 g/mol. The number of hydrogen-bond acceptors (Lipinski definition) is 4. The van der Waals surface area contributed by atoms with Crippen molar-refractivity contribution in [2.75, 3.05) is 29.9 Å². The van der Waals surface area contributed by atoms with Gasteiger partial charge in [-0.2, -0.15) is 0 Å². The lowest BCUT2D eigenvalue weighted by molar-refractivity contribution is -0.120. The predicted octanol–water partition coefficient (Wildman–Crippen LogP) is 2.02. The summed E-state index contributed by atoms with van der Waals surface area (Å²) >= 11 is 1.45. The van der Waals surface area contributed by atoms with Gasteiger partial charge in [-0.05, 0) is 29.6 Å². The predicted molar refractivity (Wildman–Crippen MR) is 81.5 cm³/mol. The number of hydrogen-bond donors (Lipinski definition) is 1. The fourth-order valence-electron chi connectivity index (χ4n) is 2.17. The van der Waals surface area contributed by atoms with Crippen LogP contribution >= 0.6 is 11.3 Å². The summed E-state index contributed by atoms with van der Waals surface area (Å²) in [5.41, 5.74) is 0.765. The molecule has 7 heteroatoms. The number of rotatable bonds is 2. The van der Waals surface area contributed by atoms with E-state index in [4.69, 9.17) is 0 Å². The van der Waals surface area contributed by atoms with Crippen molar-refractivity contribution in [3.8, 4) is 0 Å². The minimum Gasteiger partial charge on any atom is -0.313 e. The maximum absolute atomic E-state index is 12.2. The molecule has 1 saturated heterocycles. The van der Waals surface area contributed by atoms with Crippen LogP contribution in [0.15, 0.2) is 42.0 Å². The standard InChI is InChI=1S/C14H14N4O2S/c19-13-10-17(14(20)16-12-4-2-8-21-12)6-7-18(13)11-3-1-5-15-9-11/h1-5,8-9H,6-7,10H2,(H,16,20). The summed E-state index contributed by atoms with van der Waals surface area (Å²) in [6.45, 7) is 1.05. The Balaban J connectivity index is 1.63. The first-order valence-corrected chi connectivity index (χ1v) is 7.42. The van der Waals surface area contributed by atoms with Crippen LogP contribution in [-0.4, -0.2) is 41.5 Å². The molecule has 21 heavy (non-hydrogen) atoms. The van der Waals surface area contributed by atoms with Gasteiger partial charge in [0.05, 0.1) is 16.9 Å². The number of carbonyl (C=O) groups excluding carboxylic acids is 2. The lowest BCUT2D eigenvalue weighted by atomic mass is 10.2. The molecule has 0 aromatic carbocycles. The third-order valence-electron chi connectivity index (χ3n) is 3.22. The molecule has 0 unspecified atom stereocenters. The molecule has 0 radical (unpaired) electrons. The van der Waals surface area contributed by atoms with Gasteiger partial charge in [0.15, 0.2) is 0 Å². The molecule has 0 atom stereocenters. The number of pyridine rings is 1. The van der Waals surface area contributed by atoms with E-state index in [0.717, 1.165) is 10.7 Å². The van der Waals surface area contributed by atoms with Crippen LogP contribution in [0.25, 0.3) is 0 Å². The second kappa shape index (κ2) is 5.92. The first-order valence-electron chi connectivity index (χ1n) is 6.54. The highest BCUT2D eigenvalue weighted by molar-refractivity contribution is 7.14. The third-order valence-corrected chi connectivity index (χ3v) is 4.00. The molecule has 0 saturated carbocycles. The fourth-order valence-corrected chi connectivity index (χ4v) is 2.77. The van der Waals surface area contributed by atoms with Gasteiger partial charge in [0.1, 0.15) is 6.54 Å². The molecule has 1 aliphatic rings. The van der Waals surface area contributed by atoms with Gasteiger partial charge in [0, 0.05) is 19.3 Å². The number of aromatic nitrogens is 1. The zero-order valence-corrected chi connectivity index (χ0v) is 12.0. The van der Waals surface area contributed by atoms with E-state index in [1.54, 1.807) is 23.4 Å². The average molecular weight is 302 g/mol. The van der Waals surface area contributed by atoms with Gasteiger partial charge < -0.3 is 9.80 Å². The third kappa shape index (κ3) is 3.03. The van der Waals surface area contributed by atoms with Crippen LogP contribution in [0.4, 0.5) is 15.5 Å². The Bertz CT molecular complexity index is 630. The second-order valence-electron chi connectivity index (χ2n) is 4.59. The van der Waals surface area contributed by atoms with E-state index in [9.17, 15) is 9.59 Å². The smallest absolute Gasteiger partial charge is 0.313 e. The van der Waals surface area contributed by atoms with Gasteiger partial charge in [-0.1, -0.05) is 0 Å². The minimum atomic E-state index is -0.239. The Morgan fingerprint density at radius 1 is 1.29 bits per heavy atom. The number of nitrogens with one attached hydrogen (secondary N) is 1. The maximum Gasteiger partial charge on any atom is 0.322 e. The highest BCUT2D eigenvalue weighted by atomic mass is 32.1. The van der Waals surface area contributed by atoms with Crippen LogP contribution in [0.5, 0.6) is 0 Å². The van der Waals surface area contributed by atoms with E-state index in [1.807, 2.05) is 23.6 Å². The topological polar surface area (TPSA) is 65.5 Å². The maximum atomic E-state index is 12.2. The fraction of sp³-hybridized carbons (Fsp3) is 0.214. The Morgan fingerprint density at radius 2 is 2.19 bits per heavy atom. The van der Waals surface area contributed by atoms with Crippen molar-refractivity contribution >= 4 is 34.0 Å². The zero-order chi connectivity index (χ0) is 14.7. The SMILES string of the molecule is O=C(Nc1cccs1)N1CCN(c2cccnc2)C(=O)C1. The van der Waals surface area contributed by atoms with Crippen LogP contribution in [0.1, 0.15) is 0 Å². The molecule has 2 aromatic heterocycles. The number of carbonyl (C=O) groups is 2. The molecular formula is C14H14N4O2S. The molecule has 0 aliphatic carbocycles. The highest BCUT2D eigenvalue weighted by Gasteiger charge is 2.28. The van der Waals surface area contributed by atoms with Crippen molar-refractivity contribution < 1.29 is 9.59 Å². The van der Waals surface area contributed by atoms with E-state index in [2.05, 4.69) is 10.3 Å². The van der Waals surface area contributed by atoms with Gasteiger partial charge in [-0.15, -0.1) is 11.3 Å². The molecule has 2 aromatic rings. The van der Waals surface area contributed by atoms with E-state index in [-0.39, 0.29) is 18.5 Å². The number of nitrogens with zero attached hydrogens (tertiary/aromatic N) is 3. The van der Waals surface area contributed by atoms with Crippen LogP contribution in [0.2, 0.25) is 0 Å². The normalized spacial score (nSPS) is 15.1. The van der Waals surface area contributed by atoms with E-state index < -0.39 is 0 Å². The molecule has 1 fully saturated rings. The highest BCUT2D eigenvalue weighted by Crippen LogP contribution is 2.18. The quantitative estimate of drug-likeness (QED) is 0.923. The number of anilines is 2. The van der Waals surface area contributed by atoms with Crippen LogP contribution in [0.3, 0.4) is 0 Å². The molecule has 1 N–H and O–H groups in total. The Hall–Kier alpha value is -2.41.